The van der Waals surface area contributed by atoms with Crippen molar-refractivity contribution in [3.05, 3.63) is 12.0 Å². The molecule has 1 saturated carbocycles. The Labute approximate surface area is 64.7 Å². The van der Waals surface area contributed by atoms with Crippen molar-refractivity contribution in [2.75, 3.05) is 0 Å². The number of aromatic nitrogens is 2. The monoisotopic (exact) mass is 153 g/mol. The van der Waals surface area contributed by atoms with E-state index < -0.39 is 0 Å². The molecule has 4 nitrogen and oxygen atoms in total. The first-order valence-electron chi connectivity index (χ1n) is 3.81. The predicted octanol–water partition coefficient (Wildman–Crippen LogP) is 0.367. The highest BCUT2D eigenvalue weighted by Crippen LogP contribution is 2.18. The molecule has 0 saturated heterocycles. The average Bonchev–Trinajstić information content (AvgIpc) is 2.72. The van der Waals surface area contributed by atoms with Gasteiger partial charge in [0.1, 0.15) is 5.82 Å². The number of aromatic hydroxyl groups is 1. The summed E-state index contributed by atoms with van der Waals surface area (Å²) in [5, 5.41) is 12.2. The Morgan fingerprint density at radius 1 is 1.73 bits per heavy atom. The van der Waals surface area contributed by atoms with Gasteiger partial charge >= 0.3 is 0 Å². The van der Waals surface area contributed by atoms with Crippen LogP contribution in [0.2, 0.25) is 0 Å². The zero-order chi connectivity index (χ0) is 7.68. The number of H-pyrrole nitrogens is 1. The maximum atomic E-state index is 8.89. The van der Waals surface area contributed by atoms with Crippen molar-refractivity contribution in [3.63, 3.8) is 0 Å². The van der Waals surface area contributed by atoms with Gasteiger partial charge in [-0.05, 0) is 12.8 Å². The van der Waals surface area contributed by atoms with Gasteiger partial charge in [-0.25, -0.2) is 4.98 Å². The van der Waals surface area contributed by atoms with Gasteiger partial charge in [0.2, 0.25) is 5.88 Å². The lowest BCUT2D eigenvalue weighted by atomic mass is 10.5. The van der Waals surface area contributed by atoms with Crippen molar-refractivity contribution in [2.24, 2.45) is 0 Å². The first kappa shape index (κ1) is 6.67. The molecule has 0 aromatic carbocycles. The molecule has 4 heteroatoms. The van der Waals surface area contributed by atoms with Crippen LogP contribution < -0.4 is 5.32 Å². The molecule has 0 spiro atoms. The fourth-order valence-electron chi connectivity index (χ4n) is 0.970. The van der Waals surface area contributed by atoms with Crippen LogP contribution in [0.4, 0.5) is 0 Å². The normalized spacial score (nSPS) is 17.1. The third-order valence-electron chi connectivity index (χ3n) is 1.75. The maximum Gasteiger partial charge on any atom is 0.208 e. The van der Waals surface area contributed by atoms with Crippen LogP contribution in [-0.2, 0) is 6.54 Å². The molecule has 1 aliphatic carbocycles. The van der Waals surface area contributed by atoms with Crippen LogP contribution in [0.5, 0.6) is 5.88 Å². The minimum atomic E-state index is 0.137. The molecule has 0 bridgehead atoms. The highest BCUT2D eigenvalue weighted by molar-refractivity contribution is 5.04. The van der Waals surface area contributed by atoms with E-state index in [-0.39, 0.29) is 5.88 Å². The molecule has 11 heavy (non-hydrogen) atoms. The van der Waals surface area contributed by atoms with Crippen LogP contribution in [0, 0.1) is 0 Å². The molecule has 1 heterocycles. The summed E-state index contributed by atoms with van der Waals surface area (Å²) in [4.78, 5) is 6.69. The lowest BCUT2D eigenvalue weighted by Crippen LogP contribution is -2.16. The highest BCUT2D eigenvalue weighted by atomic mass is 16.3. The second-order valence-corrected chi connectivity index (χ2v) is 2.87. The summed E-state index contributed by atoms with van der Waals surface area (Å²) in [5.41, 5.74) is 0. The molecule has 3 N–H and O–H groups in total. The van der Waals surface area contributed by atoms with Crippen LogP contribution in [0.1, 0.15) is 18.7 Å². The minimum Gasteiger partial charge on any atom is -0.493 e. The Kier molecular flexibility index (Phi) is 1.54. The molecule has 1 aliphatic rings. The van der Waals surface area contributed by atoms with E-state index in [2.05, 4.69) is 15.3 Å². The lowest BCUT2D eigenvalue weighted by molar-refractivity contribution is 0.454. The molecule has 1 fully saturated rings. The van der Waals surface area contributed by atoms with E-state index in [1.165, 1.54) is 19.0 Å². The van der Waals surface area contributed by atoms with E-state index >= 15 is 0 Å². The number of imidazole rings is 1. The molecule has 0 radical (unpaired) electrons. The van der Waals surface area contributed by atoms with Crippen LogP contribution in [-0.4, -0.2) is 21.1 Å². The van der Waals surface area contributed by atoms with Gasteiger partial charge in [-0.1, -0.05) is 0 Å². The number of aromatic amines is 1. The summed E-state index contributed by atoms with van der Waals surface area (Å²) < 4.78 is 0. The molecule has 1 aromatic heterocycles. The summed E-state index contributed by atoms with van der Waals surface area (Å²) >= 11 is 0. The van der Waals surface area contributed by atoms with Gasteiger partial charge in [0.15, 0.2) is 0 Å². The van der Waals surface area contributed by atoms with Crippen molar-refractivity contribution < 1.29 is 5.11 Å². The molecule has 1 aromatic rings. The first-order chi connectivity index (χ1) is 5.34. The highest BCUT2D eigenvalue weighted by Gasteiger charge is 2.20. The van der Waals surface area contributed by atoms with E-state index in [0.29, 0.717) is 6.04 Å². The van der Waals surface area contributed by atoms with Crippen LogP contribution in [0.15, 0.2) is 6.20 Å². The van der Waals surface area contributed by atoms with Crippen LogP contribution >= 0.6 is 0 Å². The average molecular weight is 153 g/mol. The van der Waals surface area contributed by atoms with Crippen molar-refractivity contribution in [3.8, 4) is 5.88 Å². The van der Waals surface area contributed by atoms with Gasteiger partial charge in [0.25, 0.3) is 0 Å². The summed E-state index contributed by atoms with van der Waals surface area (Å²) in [6, 6.07) is 0.683. The molecular weight excluding hydrogens is 142 g/mol. The Morgan fingerprint density at radius 3 is 3.09 bits per heavy atom. The molecule has 2 rings (SSSR count). The van der Waals surface area contributed by atoms with Gasteiger partial charge in [-0.3, -0.25) is 0 Å². The Hall–Kier alpha value is -1.03. The fourth-order valence-corrected chi connectivity index (χ4v) is 0.970. The van der Waals surface area contributed by atoms with Crippen molar-refractivity contribution in [1.82, 2.24) is 15.3 Å². The lowest BCUT2D eigenvalue weighted by Gasteiger charge is -1.96. The van der Waals surface area contributed by atoms with E-state index in [4.69, 9.17) is 5.11 Å². The standard InChI is InChI=1S/C7H11N3O/c11-7-4-9-6(10-7)3-8-5-1-2-5/h4-5,8,11H,1-3H2,(H,9,10). The fraction of sp³-hybridized carbons (Fsp3) is 0.571. The second-order valence-electron chi connectivity index (χ2n) is 2.87. The van der Waals surface area contributed by atoms with Crippen molar-refractivity contribution >= 4 is 0 Å². The Bertz CT molecular complexity index is 242. The Balaban J connectivity index is 1.85. The van der Waals surface area contributed by atoms with E-state index in [9.17, 15) is 0 Å². The number of rotatable bonds is 3. The minimum absolute atomic E-state index is 0.137. The van der Waals surface area contributed by atoms with Gasteiger partial charge in [-0.2, -0.15) is 0 Å². The summed E-state index contributed by atoms with van der Waals surface area (Å²) in [6.07, 6.45) is 3.96. The van der Waals surface area contributed by atoms with Gasteiger partial charge < -0.3 is 15.4 Å². The summed E-state index contributed by atoms with van der Waals surface area (Å²) in [5.74, 6) is 0.937. The molecule has 60 valence electrons. The Morgan fingerprint density at radius 2 is 2.55 bits per heavy atom. The van der Waals surface area contributed by atoms with E-state index in [0.717, 1.165) is 12.4 Å². The topological polar surface area (TPSA) is 60.9 Å². The number of hydrogen-bond acceptors (Lipinski definition) is 3. The largest absolute Gasteiger partial charge is 0.493 e. The molecule has 0 atom stereocenters. The van der Waals surface area contributed by atoms with Gasteiger partial charge in [0, 0.05) is 6.04 Å². The maximum absolute atomic E-state index is 8.89. The van der Waals surface area contributed by atoms with Crippen molar-refractivity contribution in [2.45, 2.75) is 25.4 Å². The summed E-state index contributed by atoms with van der Waals surface area (Å²) in [7, 11) is 0. The predicted molar refractivity (Wildman–Crippen MR) is 40.1 cm³/mol. The first-order valence-corrected chi connectivity index (χ1v) is 3.81. The second kappa shape index (κ2) is 2.54. The number of nitrogens with zero attached hydrogens (tertiary/aromatic N) is 1. The molecule has 0 aliphatic heterocycles. The van der Waals surface area contributed by atoms with Crippen LogP contribution in [0.3, 0.4) is 0 Å². The number of hydrogen-bond donors (Lipinski definition) is 3. The van der Waals surface area contributed by atoms with E-state index in [1.807, 2.05) is 0 Å². The number of nitrogens with one attached hydrogen (secondary N) is 2. The molecular formula is C7H11N3O. The quantitative estimate of drug-likeness (QED) is 0.587. The summed E-state index contributed by atoms with van der Waals surface area (Å²) in [6.45, 7) is 0.727. The SMILES string of the molecule is Oc1cnc(CNC2CC2)[nH]1. The zero-order valence-corrected chi connectivity index (χ0v) is 6.17. The third kappa shape index (κ3) is 1.71. The van der Waals surface area contributed by atoms with Gasteiger partial charge in [0.05, 0.1) is 12.7 Å². The molecule has 0 amide bonds. The van der Waals surface area contributed by atoms with Crippen LogP contribution in [0.25, 0.3) is 0 Å². The third-order valence-corrected chi connectivity index (χ3v) is 1.75. The van der Waals surface area contributed by atoms with E-state index in [1.54, 1.807) is 0 Å². The van der Waals surface area contributed by atoms with Crippen molar-refractivity contribution in [1.29, 1.82) is 0 Å². The van der Waals surface area contributed by atoms with Gasteiger partial charge in [-0.15, -0.1) is 0 Å². The zero-order valence-electron chi connectivity index (χ0n) is 6.17. The molecule has 0 unspecified atom stereocenters. The smallest absolute Gasteiger partial charge is 0.208 e.